The maximum Gasteiger partial charge on any atom is 0.340 e. The molecule has 1 aliphatic heterocycles. The summed E-state index contributed by atoms with van der Waals surface area (Å²) in [5, 5.41) is 0.383. The first-order valence-electron chi connectivity index (χ1n) is 7.05. The monoisotopic (exact) mass is 363 g/mol. The molecule has 0 aliphatic carbocycles. The smallest absolute Gasteiger partial charge is 0.340 e. The lowest BCUT2D eigenvalue weighted by molar-refractivity contribution is -0.133. The molecule has 0 aromatic heterocycles. The molecule has 0 spiro atoms. The minimum atomic E-state index is -3.74. The van der Waals surface area contributed by atoms with Crippen LogP contribution < -0.4 is 0 Å². The Morgan fingerprint density at radius 2 is 1.79 bits per heavy atom. The lowest BCUT2D eigenvalue weighted by Crippen LogP contribution is -2.21. The summed E-state index contributed by atoms with van der Waals surface area (Å²) in [5.41, 5.74) is 1.37. The number of carbonyl (C=O) groups excluding carboxylic acids is 1. The van der Waals surface area contributed by atoms with Gasteiger partial charge in [-0.05, 0) is 23.8 Å². The molecule has 5 nitrogen and oxygen atoms in total. The summed E-state index contributed by atoms with van der Waals surface area (Å²) < 4.78 is 31.3. The van der Waals surface area contributed by atoms with E-state index in [9.17, 15) is 13.2 Å². The third kappa shape index (κ3) is 2.48. The van der Waals surface area contributed by atoms with Gasteiger partial charge in [-0.3, -0.25) is 4.31 Å². The lowest BCUT2D eigenvalue weighted by Gasteiger charge is -2.17. The number of methoxy groups -OCH3 is 1. The quantitative estimate of drug-likeness (QED) is 0.607. The average Bonchev–Trinajstić information content (AvgIpc) is 2.76. The van der Waals surface area contributed by atoms with Crippen LogP contribution in [0.15, 0.2) is 53.4 Å². The Kier molecular flexibility index (Phi) is 4.11. The molecule has 0 bridgehead atoms. The second-order valence-electron chi connectivity index (χ2n) is 5.19. The average molecular weight is 364 g/mol. The molecule has 3 rings (SSSR count). The summed E-state index contributed by atoms with van der Waals surface area (Å²) in [5.74, 6) is -0.619. The Labute approximate surface area is 145 Å². The zero-order valence-corrected chi connectivity index (χ0v) is 14.6. The molecule has 2 aromatic carbocycles. The Hall–Kier alpha value is -2.31. The van der Waals surface area contributed by atoms with E-state index in [1.165, 1.54) is 26.3 Å². The van der Waals surface area contributed by atoms with Gasteiger partial charge in [0.15, 0.2) is 0 Å². The van der Waals surface area contributed by atoms with E-state index >= 15 is 0 Å². The van der Waals surface area contributed by atoms with E-state index in [1.54, 1.807) is 30.3 Å². The number of sulfonamides is 1. The van der Waals surface area contributed by atoms with E-state index in [0.29, 0.717) is 16.1 Å². The van der Waals surface area contributed by atoms with Gasteiger partial charge in [0.05, 0.1) is 23.3 Å². The van der Waals surface area contributed by atoms with Gasteiger partial charge in [-0.2, -0.15) is 0 Å². The minimum absolute atomic E-state index is 0.113. The van der Waals surface area contributed by atoms with Gasteiger partial charge in [0.2, 0.25) is 0 Å². The molecule has 0 radical (unpaired) electrons. The van der Waals surface area contributed by atoms with E-state index in [0.717, 1.165) is 4.31 Å². The van der Waals surface area contributed by atoms with Crippen molar-refractivity contribution >= 4 is 38.9 Å². The first-order valence-corrected chi connectivity index (χ1v) is 8.86. The van der Waals surface area contributed by atoms with E-state index in [1.807, 2.05) is 6.07 Å². The van der Waals surface area contributed by atoms with Gasteiger partial charge < -0.3 is 4.74 Å². The van der Waals surface area contributed by atoms with Crippen molar-refractivity contribution in [3.05, 3.63) is 64.7 Å². The topological polar surface area (TPSA) is 63.7 Å². The molecule has 24 heavy (non-hydrogen) atoms. The number of carbonyl (C=O) groups is 1. The number of nitrogens with zero attached hydrogens (tertiary/aromatic N) is 1. The molecule has 1 heterocycles. The van der Waals surface area contributed by atoms with Gasteiger partial charge in [-0.15, -0.1) is 0 Å². The molecule has 0 amide bonds. The maximum atomic E-state index is 12.6. The Morgan fingerprint density at radius 1 is 1.12 bits per heavy atom. The van der Waals surface area contributed by atoms with Crippen molar-refractivity contribution in [1.29, 1.82) is 0 Å². The van der Waals surface area contributed by atoms with Crippen LogP contribution in [0.3, 0.4) is 0 Å². The van der Waals surface area contributed by atoms with E-state index in [-0.39, 0.29) is 16.2 Å². The third-order valence-electron chi connectivity index (χ3n) is 3.84. The van der Waals surface area contributed by atoms with Crippen molar-refractivity contribution in [1.82, 2.24) is 4.31 Å². The predicted octanol–water partition coefficient (Wildman–Crippen LogP) is 3.02. The van der Waals surface area contributed by atoms with Crippen molar-refractivity contribution < 1.29 is 17.9 Å². The van der Waals surface area contributed by atoms with Gasteiger partial charge in [-0.1, -0.05) is 41.9 Å². The van der Waals surface area contributed by atoms with Crippen molar-refractivity contribution in [2.75, 3.05) is 14.2 Å². The highest BCUT2D eigenvalue weighted by Crippen LogP contribution is 2.43. The Balaban J connectivity index is 2.42. The highest BCUT2D eigenvalue weighted by atomic mass is 35.5. The SMILES string of the molecule is COC(=O)C(=C1c2cc(Cl)ccc2S(=O)(=O)N1C)c1ccccc1. The largest absolute Gasteiger partial charge is 0.465 e. The van der Waals surface area contributed by atoms with E-state index in [2.05, 4.69) is 0 Å². The summed E-state index contributed by atoms with van der Waals surface area (Å²) in [4.78, 5) is 12.5. The molecule has 1 aliphatic rings. The highest BCUT2D eigenvalue weighted by Gasteiger charge is 2.39. The summed E-state index contributed by atoms with van der Waals surface area (Å²) in [6.45, 7) is 0. The third-order valence-corrected chi connectivity index (χ3v) is 5.89. The number of halogens is 1. The molecule has 7 heteroatoms. The number of hydrogen-bond acceptors (Lipinski definition) is 4. The first-order chi connectivity index (χ1) is 11.4. The van der Waals surface area contributed by atoms with Crippen LogP contribution in [0.25, 0.3) is 11.3 Å². The van der Waals surface area contributed by atoms with Crippen LogP contribution in [0, 0.1) is 0 Å². The van der Waals surface area contributed by atoms with Gasteiger partial charge in [0.25, 0.3) is 10.0 Å². The molecule has 0 saturated carbocycles. The number of rotatable bonds is 2. The molecular weight excluding hydrogens is 350 g/mol. The predicted molar refractivity (Wildman–Crippen MR) is 91.7 cm³/mol. The van der Waals surface area contributed by atoms with Crippen LogP contribution in [-0.4, -0.2) is 32.8 Å². The minimum Gasteiger partial charge on any atom is -0.465 e. The van der Waals surface area contributed by atoms with Crippen LogP contribution >= 0.6 is 11.6 Å². The second-order valence-corrected chi connectivity index (χ2v) is 7.57. The van der Waals surface area contributed by atoms with Gasteiger partial charge >= 0.3 is 5.97 Å². The molecule has 0 N–H and O–H groups in total. The van der Waals surface area contributed by atoms with E-state index in [4.69, 9.17) is 16.3 Å². The van der Waals surface area contributed by atoms with Crippen molar-refractivity contribution in [3.8, 4) is 0 Å². The van der Waals surface area contributed by atoms with Crippen molar-refractivity contribution in [2.45, 2.75) is 4.90 Å². The molecule has 0 saturated heterocycles. The number of ether oxygens (including phenoxy) is 1. The number of esters is 1. The Bertz CT molecular complexity index is 952. The molecule has 0 unspecified atom stereocenters. The van der Waals surface area contributed by atoms with Crippen LogP contribution in [0.2, 0.25) is 5.02 Å². The summed E-state index contributed by atoms with van der Waals surface area (Å²) in [6.07, 6.45) is 0. The lowest BCUT2D eigenvalue weighted by atomic mass is 9.99. The molecule has 2 aromatic rings. The normalized spacial score (nSPS) is 17.4. The van der Waals surface area contributed by atoms with Gasteiger partial charge in [0, 0.05) is 17.6 Å². The van der Waals surface area contributed by atoms with Crippen molar-refractivity contribution in [3.63, 3.8) is 0 Å². The van der Waals surface area contributed by atoms with Gasteiger partial charge in [0.1, 0.15) is 0 Å². The zero-order valence-electron chi connectivity index (χ0n) is 13.0. The Morgan fingerprint density at radius 3 is 2.42 bits per heavy atom. The summed E-state index contributed by atoms with van der Waals surface area (Å²) >= 11 is 6.04. The van der Waals surface area contributed by atoms with E-state index < -0.39 is 16.0 Å². The fraction of sp³-hybridized carbons (Fsp3) is 0.118. The number of fused-ring (bicyclic) bond motifs is 1. The standard InChI is InChI=1S/C17H14ClNO4S/c1-19-16(13-10-12(18)8-9-14(13)24(19,21)22)15(17(20)23-2)11-6-4-3-5-7-11/h3-10H,1-2H3. The van der Waals surface area contributed by atoms with Gasteiger partial charge in [-0.25, -0.2) is 13.2 Å². The van der Waals surface area contributed by atoms with Crippen LogP contribution in [0.1, 0.15) is 11.1 Å². The molecule has 0 atom stereocenters. The van der Waals surface area contributed by atoms with Crippen LogP contribution in [-0.2, 0) is 19.6 Å². The van der Waals surface area contributed by atoms with Crippen LogP contribution in [0.5, 0.6) is 0 Å². The number of hydrogen-bond donors (Lipinski definition) is 0. The molecule has 124 valence electrons. The molecular formula is C17H14ClNO4S. The molecule has 0 fully saturated rings. The van der Waals surface area contributed by atoms with Crippen LogP contribution in [0.4, 0.5) is 0 Å². The second kappa shape index (κ2) is 5.96. The first kappa shape index (κ1) is 16.5. The fourth-order valence-electron chi connectivity index (χ4n) is 2.70. The zero-order chi connectivity index (χ0) is 17.5. The highest BCUT2D eigenvalue weighted by molar-refractivity contribution is 7.90. The summed E-state index contributed by atoms with van der Waals surface area (Å²) in [6, 6.07) is 13.3. The fourth-order valence-corrected chi connectivity index (χ4v) is 4.27. The van der Waals surface area contributed by atoms with Crippen molar-refractivity contribution in [2.24, 2.45) is 0 Å². The number of benzene rings is 2. The summed E-state index contributed by atoms with van der Waals surface area (Å²) in [7, 11) is -1.07. The maximum absolute atomic E-state index is 12.6.